The third kappa shape index (κ3) is 46.2. The SMILES string of the molecule is CCC(C)NCC(=O)N(CC(=O)N(CC(=O)N(CC(=O)N(CC(=O)N(CC(=O)N(CC(=O)N(CC(=O)N(CC(=O)N(CC(=O)N(CC(=O)N(CC(=O)N(CC(=O)N(CC(=O)N(CC(=O)N(CC(N)=O)C(C)CC)CC(C)O)CC(C)O)C(C)CC)CC(C)O)CC(C)O)C(C)CC)CC(C)O)CC(C)C)C(C)CC)CC(C)O)CC(C)O)C(C)CC)CC(C)O)CC(C)O. The van der Waals surface area contributed by atoms with Crippen LogP contribution >= 0.6 is 0 Å². The second-order valence-corrected chi connectivity index (χ2v) is 35.3. The largest absolute Gasteiger partial charge is 0.392 e. The molecule has 0 bridgehead atoms. The lowest BCUT2D eigenvalue weighted by molar-refractivity contribution is -0.152. The predicted octanol–water partition coefficient (Wildman–Crippen LogP) is -3.64. The Bertz CT molecular complexity index is 3520. The molecule has 0 rings (SSSR count). The number of primary amides is 1. The molecule has 0 aromatic rings. The monoisotopic (exact) mass is 1840 g/mol. The first-order valence-electron chi connectivity index (χ1n) is 45.3. The van der Waals surface area contributed by atoms with Crippen LogP contribution in [0.15, 0.2) is 0 Å². The Balaban J connectivity index is 7.33. The van der Waals surface area contributed by atoms with Crippen molar-refractivity contribution in [3.05, 3.63) is 0 Å². The maximum absolute atomic E-state index is 14.9. The summed E-state index contributed by atoms with van der Waals surface area (Å²) >= 11 is 0. The van der Waals surface area contributed by atoms with E-state index in [9.17, 15) is 123 Å². The van der Waals surface area contributed by atoms with Crippen LogP contribution in [0.3, 0.4) is 0 Å². The van der Waals surface area contributed by atoms with Crippen LogP contribution in [0.2, 0.25) is 0 Å². The lowest BCUT2D eigenvalue weighted by Gasteiger charge is -2.36. The number of rotatable bonds is 64. The van der Waals surface area contributed by atoms with Gasteiger partial charge in [0.05, 0.1) is 133 Å². The zero-order valence-corrected chi connectivity index (χ0v) is 81.2. The van der Waals surface area contributed by atoms with Crippen molar-refractivity contribution in [1.29, 1.82) is 0 Å². The van der Waals surface area contributed by atoms with Crippen LogP contribution in [0.5, 0.6) is 0 Å². The van der Waals surface area contributed by atoms with Crippen LogP contribution in [-0.4, -0.2) is 475 Å². The van der Waals surface area contributed by atoms with E-state index in [1.807, 2.05) is 13.8 Å². The smallest absolute Gasteiger partial charge is 0.242 e. The molecule has 12 N–H and O–H groups in total. The summed E-state index contributed by atoms with van der Waals surface area (Å²) in [5, 5.41) is 99.0. The number of aliphatic hydroxyl groups excluding tert-OH is 9. The molecule has 0 spiro atoms. The number of carbonyl (C=O) groups excluding carboxylic acids is 16. The molecule has 15 unspecified atom stereocenters. The highest BCUT2D eigenvalue weighted by atomic mass is 16.3. The Morgan fingerprint density at radius 2 is 0.357 bits per heavy atom. The van der Waals surface area contributed by atoms with E-state index in [-0.39, 0.29) is 70.4 Å². The number of carbonyl (C=O) groups is 16. The summed E-state index contributed by atoms with van der Waals surface area (Å²) in [6, 6.07) is -3.42. The summed E-state index contributed by atoms with van der Waals surface area (Å²) in [6.07, 6.45) is -8.92. The molecule has 0 radical (unpaired) electrons. The molecule has 0 aliphatic heterocycles. The van der Waals surface area contributed by atoms with Crippen molar-refractivity contribution < 1.29 is 123 Å². The first-order chi connectivity index (χ1) is 59.9. The Morgan fingerprint density at radius 1 is 0.209 bits per heavy atom. The zero-order chi connectivity index (χ0) is 99.5. The number of hydrogen-bond acceptors (Lipinski definition) is 26. The fourth-order valence-corrected chi connectivity index (χ4v) is 13.7. The summed E-state index contributed by atoms with van der Waals surface area (Å²) in [6.45, 7) is 21.5. The molecule has 0 saturated heterocycles. The molecule has 0 aromatic heterocycles. The molecule has 0 aliphatic carbocycles. The van der Waals surface area contributed by atoms with Crippen LogP contribution in [-0.2, 0) is 76.7 Å². The van der Waals surface area contributed by atoms with Gasteiger partial charge in [-0.2, -0.15) is 0 Å². The summed E-state index contributed by atoms with van der Waals surface area (Å²) in [4.78, 5) is 244. The maximum atomic E-state index is 14.9. The van der Waals surface area contributed by atoms with Gasteiger partial charge >= 0.3 is 0 Å². The van der Waals surface area contributed by atoms with Gasteiger partial charge in [-0.05, 0) is 148 Å². The van der Waals surface area contributed by atoms with Crippen molar-refractivity contribution in [3.63, 3.8) is 0 Å². The first-order valence-corrected chi connectivity index (χ1v) is 45.3. The highest BCUT2D eigenvalue weighted by Gasteiger charge is 2.39. The molecule has 42 heteroatoms. The molecule has 0 fully saturated rings. The second-order valence-electron chi connectivity index (χ2n) is 35.3. The summed E-state index contributed by atoms with van der Waals surface area (Å²) < 4.78 is 0. The summed E-state index contributed by atoms with van der Waals surface area (Å²) in [5.74, 6) is -13.2. The maximum Gasteiger partial charge on any atom is 0.242 e. The van der Waals surface area contributed by atoms with Gasteiger partial charge in [-0.1, -0.05) is 55.4 Å². The Kier molecular flexibility index (Phi) is 56.8. The van der Waals surface area contributed by atoms with Gasteiger partial charge in [0, 0.05) is 102 Å². The number of nitrogens with zero attached hydrogens (tertiary/aromatic N) is 15. The van der Waals surface area contributed by atoms with Crippen LogP contribution < -0.4 is 11.1 Å². The van der Waals surface area contributed by atoms with Crippen LogP contribution in [0.4, 0.5) is 0 Å². The average Bonchev–Trinajstić information content (AvgIpc) is 0.907. The van der Waals surface area contributed by atoms with E-state index < -0.39 is 317 Å². The normalized spacial score (nSPS) is 14.9. The van der Waals surface area contributed by atoms with Gasteiger partial charge in [0.25, 0.3) is 0 Å². The third-order valence-corrected chi connectivity index (χ3v) is 21.7. The van der Waals surface area contributed by atoms with Gasteiger partial charge in [-0.25, -0.2) is 0 Å². The lowest BCUT2D eigenvalue weighted by Crippen LogP contribution is -2.56. The number of amides is 16. The fraction of sp³-hybridized carbons (Fsp3) is 0.816. The third-order valence-electron chi connectivity index (χ3n) is 21.7. The molecule has 42 nitrogen and oxygen atoms in total. The highest BCUT2D eigenvalue weighted by molar-refractivity contribution is 5.97. The Hall–Kier alpha value is -8.88. The zero-order valence-electron chi connectivity index (χ0n) is 81.2. The molecule has 129 heavy (non-hydrogen) atoms. The van der Waals surface area contributed by atoms with E-state index >= 15 is 0 Å². The predicted molar refractivity (Wildman–Crippen MR) is 480 cm³/mol. The molecular weight excluding hydrogens is 1680 g/mol. The standard InChI is InChI=1S/C87H161N17O25/c1-24-57(9)89-30-73(115)91(32-63(15)105)43-75(117)97(38-69(21)111)49-86(128)103(61(13)28-5)54-82(124)93(34-65(17)107)45-77(119)98(39-70(22)112)50-84(126)101(59(11)26-3)52-79(121)90(31-56(7)8)42-74(116)96(37-68(20)110)48-85(127)102(60(12)27-4)53-81(123)94(35-66(18)108)46-78(120)99(40-71(23)113)51-87(129)104(62(14)29-6)55-80(122)92(33-64(16)106)44-76(118)95(36-67(19)109)47-83(125)100(41-72(88)114)58(10)25-2/h56-71,89,105-113H,24-55H2,1-23H3,(H2,88,114). The van der Waals surface area contributed by atoms with Gasteiger partial charge in [-0.3, -0.25) is 76.7 Å². The van der Waals surface area contributed by atoms with Gasteiger partial charge < -0.3 is 131 Å². The van der Waals surface area contributed by atoms with Crippen molar-refractivity contribution in [3.8, 4) is 0 Å². The van der Waals surface area contributed by atoms with E-state index in [1.165, 1.54) is 77.0 Å². The number of nitrogens with two attached hydrogens (primary N) is 1. The minimum Gasteiger partial charge on any atom is -0.392 e. The fourth-order valence-electron chi connectivity index (χ4n) is 13.7. The summed E-state index contributed by atoms with van der Waals surface area (Å²) in [7, 11) is 0. The molecule has 0 aromatic carbocycles. The Morgan fingerprint density at radius 3 is 0.504 bits per heavy atom. The molecule has 0 heterocycles. The molecule has 0 aliphatic rings. The lowest BCUT2D eigenvalue weighted by atomic mass is 10.1. The molecule has 0 saturated carbocycles. The van der Waals surface area contributed by atoms with E-state index in [2.05, 4.69) is 5.32 Å². The van der Waals surface area contributed by atoms with Crippen molar-refractivity contribution in [2.24, 2.45) is 11.7 Å². The number of nitrogens with one attached hydrogen (secondary N) is 1. The number of aliphatic hydroxyl groups is 9. The van der Waals surface area contributed by atoms with Crippen molar-refractivity contribution in [2.75, 3.05) is 170 Å². The van der Waals surface area contributed by atoms with E-state index in [1.54, 1.807) is 83.1 Å². The van der Waals surface area contributed by atoms with E-state index in [4.69, 9.17) is 5.73 Å². The van der Waals surface area contributed by atoms with Gasteiger partial charge in [0.15, 0.2) is 0 Å². The van der Waals surface area contributed by atoms with E-state index in [0.717, 1.165) is 58.8 Å². The molecule has 744 valence electrons. The van der Waals surface area contributed by atoms with Gasteiger partial charge in [0.1, 0.15) is 26.2 Å². The molecular formula is C87H161N17O25. The summed E-state index contributed by atoms with van der Waals surface area (Å²) in [5.41, 5.74) is 5.44. The highest BCUT2D eigenvalue weighted by Crippen LogP contribution is 2.18. The molecule has 15 atom stereocenters. The number of hydrogen-bond donors (Lipinski definition) is 11. The van der Waals surface area contributed by atoms with Crippen LogP contribution in [0, 0.1) is 5.92 Å². The van der Waals surface area contributed by atoms with E-state index in [0.29, 0.717) is 12.8 Å². The van der Waals surface area contributed by atoms with Crippen LogP contribution in [0.1, 0.15) is 198 Å². The van der Waals surface area contributed by atoms with Crippen molar-refractivity contribution in [2.45, 2.75) is 289 Å². The molecule has 16 amide bonds. The average molecular weight is 1850 g/mol. The minimum atomic E-state index is -1.31. The van der Waals surface area contributed by atoms with Crippen molar-refractivity contribution in [1.82, 2.24) is 78.8 Å². The van der Waals surface area contributed by atoms with Gasteiger partial charge in [0.2, 0.25) is 94.5 Å². The quantitative estimate of drug-likeness (QED) is 0.0280. The first kappa shape index (κ1) is 120. The van der Waals surface area contributed by atoms with Gasteiger partial charge in [-0.15, -0.1) is 0 Å². The van der Waals surface area contributed by atoms with Crippen LogP contribution in [0.25, 0.3) is 0 Å². The minimum absolute atomic E-state index is 0.0450. The Labute approximate surface area is 763 Å². The topological polar surface area (TPSA) is 542 Å². The van der Waals surface area contributed by atoms with Crippen molar-refractivity contribution >= 4 is 94.5 Å². The second kappa shape index (κ2) is 61.0.